The zero-order chi connectivity index (χ0) is 19.9. The van der Waals surface area contributed by atoms with Gasteiger partial charge in [0, 0.05) is 4.47 Å². The highest BCUT2D eigenvalue weighted by Crippen LogP contribution is 2.28. The van der Waals surface area contributed by atoms with Gasteiger partial charge in [-0.25, -0.2) is 10.2 Å². The summed E-state index contributed by atoms with van der Waals surface area (Å²) in [7, 11) is 1.48. The second-order valence-corrected chi connectivity index (χ2v) is 7.26. The summed E-state index contributed by atoms with van der Waals surface area (Å²) in [6.45, 7) is 0. The second-order valence-electron chi connectivity index (χ2n) is 5.46. The molecule has 0 saturated heterocycles. The number of amides is 1. The fraction of sp³-hybridized carbons (Fsp3) is 0.0500. The number of ether oxygens (including phenoxy) is 2. The first-order chi connectivity index (χ1) is 13.6. The summed E-state index contributed by atoms with van der Waals surface area (Å²) in [5.41, 5.74) is 3.61. The zero-order valence-electron chi connectivity index (χ0n) is 14.7. The molecule has 1 N–H and O–H groups in total. The average Bonchev–Trinajstić information content (AvgIpc) is 3.24. The second kappa shape index (κ2) is 9.29. The number of carbonyl (C=O) groups excluding carboxylic acids is 2. The van der Waals surface area contributed by atoms with Crippen LogP contribution in [-0.2, 0) is 0 Å². The first kappa shape index (κ1) is 19.8. The number of benzene rings is 2. The van der Waals surface area contributed by atoms with Crippen molar-refractivity contribution in [2.75, 3.05) is 7.11 Å². The van der Waals surface area contributed by atoms with Gasteiger partial charge in [0.05, 0.1) is 18.9 Å². The van der Waals surface area contributed by atoms with Gasteiger partial charge in [-0.05, 0) is 63.3 Å². The van der Waals surface area contributed by atoms with Crippen LogP contribution in [0.2, 0.25) is 0 Å². The molecule has 3 rings (SSSR count). The quantitative estimate of drug-likeness (QED) is 0.255. The van der Waals surface area contributed by atoms with Gasteiger partial charge in [-0.1, -0.05) is 18.2 Å². The van der Waals surface area contributed by atoms with Gasteiger partial charge in [0.2, 0.25) is 0 Å². The zero-order valence-corrected chi connectivity index (χ0v) is 17.1. The minimum atomic E-state index is -0.449. The molecule has 0 atom stereocenters. The molecule has 0 bridgehead atoms. The Balaban J connectivity index is 1.68. The van der Waals surface area contributed by atoms with Gasteiger partial charge in [0.25, 0.3) is 5.91 Å². The number of hydrogen-bond donors (Lipinski definition) is 1. The molecule has 3 aromatic rings. The molecule has 1 heterocycles. The lowest BCUT2D eigenvalue weighted by Crippen LogP contribution is -2.18. The highest BCUT2D eigenvalue weighted by atomic mass is 79.9. The predicted octanol–water partition coefficient (Wildman–Crippen LogP) is 4.50. The third-order valence-corrected chi connectivity index (χ3v) is 5.15. The van der Waals surface area contributed by atoms with E-state index in [1.165, 1.54) is 24.7 Å². The molecule has 142 valence electrons. The van der Waals surface area contributed by atoms with Crippen molar-refractivity contribution in [2.45, 2.75) is 0 Å². The number of nitrogens with zero attached hydrogens (tertiary/aromatic N) is 1. The van der Waals surface area contributed by atoms with Gasteiger partial charge in [0.1, 0.15) is 4.88 Å². The number of carbonyl (C=O) groups is 2. The van der Waals surface area contributed by atoms with E-state index in [1.54, 1.807) is 53.9 Å². The lowest BCUT2D eigenvalue weighted by Gasteiger charge is -2.09. The van der Waals surface area contributed by atoms with E-state index in [0.29, 0.717) is 32.0 Å². The van der Waals surface area contributed by atoms with E-state index in [9.17, 15) is 9.59 Å². The Morgan fingerprint density at radius 1 is 1.11 bits per heavy atom. The minimum absolute atomic E-state index is 0.301. The number of hydrogen-bond acceptors (Lipinski definition) is 6. The molecule has 0 saturated carbocycles. The molecule has 1 aromatic heterocycles. The van der Waals surface area contributed by atoms with Crippen LogP contribution in [0.25, 0.3) is 0 Å². The highest BCUT2D eigenvalue weighted by Gasteiger charge is 2.13. The molecule has 1 amide bonds. The lowest BCUT2D eigenvalue weighted by atomic mass is 10.2. The maximum Gasteiger partial charge on any atom is 0.353 e. The molecule has 0 aliphatic heterocycles. The Bertz CT molecular complexity index is 1020. The van der Waals surface area contributed by atoms with Crippen molar-refractivity contribution in [2.24, 2.45) is 5.10 Å². The van der Waals surface area contributed by atoms with Gasteiger partial charge >= 0.3 is 5.97 Å². The highest BCUT2D eigenvalue weighted by molar-refractivity contribution is 9.10. The summed E-state index contributed by atoms with van der Waals surface area (Å²) in [6.07, 6.45) is 1.47. The Labute approximate surface area is 173 Å². The van der Waals surface area contributed by atoms with Crippen LogP contribution >= 0.6 is 27.3 Å². The monoisotopic (exact) mass is 458 g/mol. The normalized spacial score (nSPS) is 10.6. The first-order valence-corrected chi connectivity index (χ1v) is 9.77. The van der Waals surface area contributed by atoms with Gasteiger partial charge in [0.15, 0.2) is 11.5 Å². The summed E-state index contributed by atoms with van der Waals surface area (Å²) in [5.74, 6) is -0.103. The predicted molar refractivity (Wildman–Crippen MR) is 111 cm³/mol. The molecule has 0 aliphatic rings. The molecule has 6 nitrogen and oxygen atoms in total. The van der Waals surface area contributed by atoms with Crippen LogP contribution in [-0.4, -0.2) is 25.2 Å². The Morgan fingerprint density at radius 2 is 1.93 bits per heavy atom. The Hall–Kier alpha value is -2.97. The first-order valence-electron chi connectivity index (χ1n) is 8.10. The van der Waals surface area contributed by atoms with E-state index in [0.717, 1.165) is 0 Å². The van der Waals surface area contributed by atoms with Crippen LogP contribution in [0.3, 0.4) is 0 Å². The molecule has 0 aliphatic carbocycles. The number of halogens is 1. The smallest absolute Gasteiger partial charge is 0.353 e. The molecular formula is C20H15BrN2O4S. The van der Waals surface area contributed by atoms with Crippen LogP contribution < -0.4 is 14.9 Å². The van der Waals surface area contributed by atoms with Gasteiger partial charge < -0.3 is 9.47 Å². The largest absolute Gasteiger partial charge is 0.493 e. The molecule has 0 spiro atoms. The Morgan fingerprint density at radius 3 is 2.64 bits per heavy atom. The third kappa shape index (κ3) is 4.85. The van der Waals surface area contributed by atoms with E-state index in [2.05, 4.69) is 26.5 Å². The summed E-state index contributed by atoms with van der Waals surface area (Å²) in [6, 6.07) is 15.5. The van der Waals surface area contributed by atoms with Crippen molar-refractivity contribution in [3.8, 4) is 11.5 Å². The van der Waals surface area contributed by atoms with Gasteiger partial charge in [-0.2, -0.15) is 5.10 Å². The molecule has 2 aromatic carbocycles. The van der Waals surface area contributed by atoms with E-state index in [1.807, 2.05) is 6.07 Å². The van der Waals surface area contributed by atoms with E-state index >= 15 is 0 Å². The van der Waals surface area contributed by atoms with E-state index < -0.39 is 5.97 Å². The van der Waals surface area contributed by atoms with Crippen molar-refractivity contribution in [3.05, 3.63) is 80.5 Å². The summed E-state index contributed by atoms with van der Waals surface area (Å²) < 4.78 is 11.3. The van der Waals surface area contributed by atoms with Crippen molar-refractivity contribution in [1.82, 2.24) is 5.43 Å². The average molecular weight is 459 g/mol. The molecule has 8 heteroatoms. The maximum absolute atomic E-state index is 12.1. The Kier molecular flexibility index (Phi) is 6.57. The standard InChI is InChI=1S/C20H15BrN2O4S/c1-26-17-11-13(8-9-16(17)27-20(25)18-7-4-10-28-18)12-22-23-19(24)14-5-2-3-6-15(14)21/h2-12H,1H3,(H,23,24)/b22-12-. The maximum atomic E-state index is 12.1. The molecule has 0 radical (unpaired) electrons. The van der Waals surface area contributed by atoms with Gasteiger partial charge in [-0.15, -0.1) is 11.3 Å². The van der Waals surface area contributed by atoms with Crippen LogP contribution in [0.4, 0.5) is 0 Å². The number of methoxy groups -OCH3 is 1. The van der Waals surface area contributed by atoms with Gasteiger partial charge in [-0.3, -0.25) is 4.79 Å². The number of nitrogens with one attached hydrogen (secondary N) is 1. The summed E-state index contributed by atoms with van der Waals surface area (Å²) in [4.78, 5) is 24.7. The van der Waals surface area contributed by atoms with Crippen molar-refractivity contribution in [1.29, 1.82) is 0 Å². The van der Waals surface area contributed by atoms with Crippen molar-refractivity contribution >= 4 is 45.4 Å². The molecule has 0 unspecified atom stereocenters. The fourth-order valence-corrected chi connectivity index (χ4v) is 3.33. The topological polar surface area (TPSA) is 77.0 Å². The van der Waals surface area contributed by atoms with Crippen LogP contribution in [0, 0.1) is 0 Å². The molecule has 28 heavy (non-hydrogen) atoms. The SMILES string of the molecule is COc1cc(/C=N\NC(=O)c2ccccc2Br)ccc1OC(=O)c1cccs1. The van der Waals surface area contributed by atoms with Crippen LogP contribution in [0.15, 0.2) is 69.6 Å². The van der Waals surface area contributed by atoms with E-state index in [4.69, 9.17) is 9.47 Å². The summed E-state index contributed by atoms with van der Waals surface area (Å²) >= 11 is 4.62. The number of rotatable bonds is 6. The third-order valence-electron chi connectivity index (χ3n) is 3.61. The number of hydrazone groups is 1. The van der Waals surface area contributed by atoms with Crippen molar-refractivity contribution < 1.29 is 19.1 Å². The molecule has 0 fully saturated rings. The van der Waals surface area contributed by atoms with Crippen molar-refractivity contribution in [3.63, 3.8) is 0 Å². The number of esters is 1. The number of thiophene rings is 1. The lowest BCUT2D eigenvalue weighted by molar-refractivity contribution is 0.0734. The minimum Gasteiger partial charge on any atom is -0.493 e. The summed E-state index contributed by atoms with van der Waals surface area (Å²) in [5, 5.41) is 5.76. The van der Waals surface area contributed by atoms with E-state index in [-0.39, 0.29) is 5.91 Å². The fourth-order valence-electron chi connectivity index (χ4n) is 2.26. The van der Waals surface area contributed by atoms with Crippen LogP contribution in [0.1, 0.15) is 25.6 Å². The van der Waals surface area contributed by atoms with Crippen LogP contribution in [0.5, 0.6) is 11.5 Å². The molecular weight excluding hydrogens is 444 g/mol.